The molecule has 2 aromatic carbocycles. The number of nitriles is 1. The molecule has 6 nitrogen and oxygen atoms in total. The van der Waals surface area contributed by atoms with Gasteiger partial charge in [0.1, 0.15) is 5.69 Å². The molecule has 6 heteroatoms. The standard InChI is InChI=1S/C28H29N6/c1-8-22-17-33(28(32(22)7)26-13-21(16-29)10-9-20(26)6)27-24(18(2)3)14-23(15-25(27)19(4)5)34-30-11-12-31-34/h1,9-15,17-19H,2-7H3/q+1. The number of benzene rings is 2. The lowest BCUT2D eigenvalue weighted by Crippen LogP contribution is -2.35. The molecule has 0 aliphatic carbocycles. The van der Waals surface area contributed by atoms with Gasteiger partial charge < -0.3 is 0 Å². The summed E-state index contributed by atoms with van der Waals surface area (Å²) in [7, 11) is 1.98. The molecule has 0 aliphatic rings. The van der Waals surface area contributed by atoms with E-state index in [0.29, 0.717) is 5.56 Å². The van der Waals surface area contributed by atoms with Crippen molar-refractivity contribution in [2.75, 3.05) is 0 Å². The van der Waals surface area contributed by atoms with Gasteiger partial charge in [0, 0.05) is 11.1 Å². The molecule has 0 radical (unpaired) electrons. The summed E-state index contributed by atoms with van der Waals surface area (Å²) in [4.78, 5) is 1.66. The molecule has 2 aromatic heterocycles. The van der Waals surface area contributed by atoms with Gasteiger partial charge in [-0.1, -0.05) is 33.8 Å². The van der Waals surface area contributed by atoms with Crippen molar-refractivity contribution in [3.05, 3.63) is 76.9 Å². The first-order valence-electron chi connectivity index (χ1n) is 11.4. The van der Waals surface area contributed by atoms with Gasteiger partial charge in [0.25, 0.3) is 5.82 Å². The lowest BCUT2D eigenvalue weighted by molar-refractivity contribution is -0.584. The Balaban J connectivity index is 2.12. The van der Waals surface area contributed by atoms with Crippen LogP contribution in [0.15, 0.2) is 48.9 Å². The van der Waals surface area contributed by atoms with E-state index in [9.17, 15) is 5.26 Å². The first-order valence-corrected chi connectivity index (χ1v) is 11.4. The summed E-state index contributed by atoms with van der Waals surface area (Å²) in [6.07, 6.45) is 11.3. The van der Waals surface area contributed by atoms with Gasteiger partial charge in [-0.15, -0.1) is 6.42 Å². The first kappa shape index (κ1) is 23.0. The molecule has 4 rings (SSSR count). The van der Waals surface area contributed by atoms with Crippen LogP contribution in [0, 0.1) is 30.6 Å². The normalized spacial score (nSPS) is 11.1. The summed E-state index contributed by atoms with van der Waals surface area (Å²) in [5.74, 6) is 4.25. The molecule has 2 heterocycles. The van der Waals surface area contributed by atoms with Crippen molar-refractivity contribution in [3.8, 4) is 41.2 Å². The second-order valence-corrected chi connectivity index (χ2v) is 9.15. The van der Waals surface area contributed by atoms with Gasteiger partial charge in [-0.3, -0.25) is 0 Å². The maximum atomic E-state index is 9.55. The van der Waals surface area contributed by atoms with Crippen molar-refractivity contribution < 1.29 is 4.57 Å². The van der Waals surface area contributed by atoms with Crippen LogP contribution >= 0.6 is 0 Å². The average molecular weight is 450 g/mol. The van der Waals surface area contributed by atoms with Crippen molar-refractivity contribution in [1.29, 1.82) is 5.26 Å². The van der Waals surface area contributed by atoms with Crippen LogP contribution in [0.1, 0.15) is 67.5 Å². The van der Waals surface area contributed by atoms with E-state index < -0.39 is 0 Å². The van der Waals surface area contributed by atoms with Gasteiger partial charge in [-0.25, -0.2) is 4.57 Å². The van der Waals surface area contributed by atoms with Crippen molar-refractivity contribution in [1.82, 2.24) is 19.6 Å². The van der Waals surface area contributed by atoms with Gasteiger partial charge in [0.05, 0.1) is 42.3 Å². The number of hydrogen-bond donors (Lipinski definition) is 0. The zero-order chi connectivity index (χ0) is 24.6. The quantitative estimate of drug-likeness (QED) is 0.320. The molecule has 0 saturated heterocycles. The summed E-state index contributed by atoms with van der Waals surface area (Å²) in [5.41, 5.74) is 7.81. The van der Waals surface area contributed by atoms with Crippen LogP contribution < -0.4 is 4.57 Å². The number of aromatic nitrogens is 5. The van der Waals surface area contributed by atoms with Crippen LogP contribution in [0.25, 0.3) is 22.8 Å². The highest BCUT2D eigenvalue weighted by molar-refractivity contribution is 5.63. The predicted octanol–water partition coefficient (Wildman–Crippen LogP) is 4.96. The topological polar surface area (TPSA) is 63.3 Å². The lowest BCUT2D eigenvalue weighted by atomic mass is 9.91. The minimum Gasteiger partial charge on any atom is -0.219 e. The second kappa shape index (κ2) is 9.00. The van der Waals surface area contributed by atoms with Crippen molar-refractivity contribution in [2.24, 2.45) is 7.05 Å². The van der Waals surface area contributed by atoms with Crippen LogP contribution in [0.3, 0.4) is 0 Å². The Morgan fingerprint density at radius 2 is 1.62 bits per heavy atom. The molecule has 0 aliphatic heterocycles. The minimum atomic E-state index is 0.240. The molecule has 0 unspecified atom stereocenters. The monoisotopic (exact) mass is 449 g/mol. The van der Waals surface area contributed by atoms with Crippen LogP contribution in [-0.2, 0) is 7.05 Å². The van der Waals surface area contributed by atoms with Gasteiger partial charge in [-0.05, 0) is 54.5 Å². The maximum absolute atomic E-state index is 9.55. The minimum absolute atomic E-state index is 0.240. The van der Waals surface area contributed by atoms with Crippen molar-refractivity contribution >= 4 is 0 Å². The summed E-state index contributed by atoms with van der Waals surface area (Å²) in [6.45, 7) is 10.8. The van der Waals surface area contributed by atoms with E-state index in [-0.39, 0.29) is 11.8 Å². The van der Waals surface area contributed by atoms with E-state index in [0.717, 1.165) is 34.0 Å². The molecule has 0 fully saturated rings. The highest BCUT2D eigenvalue weighted by Crippen LogP contribution is 2.33. The second-order valence-electron chi connectivity index (χ2n) is 9.15. The zero-order valence-corrected chi connectivity index (χ0v) is 20.5. The number of nitrogens with zero attached hydrogens (tertiary/aromatic N) is 6. The van der Waals surface area contributed by atoms with Crippen LogP contribution in [0.2, 0.25) is 0 Å². The Morgan fingerprint density at radius 3 is 2.15 bits per heavy atom. The summed E-state index contributed by atoms with van der Waals surface area (Å²) in [6, 6.07) is 12.4. The Kier molecular flexibility index (Phi) is 6.09. The Hall–Kier alpha value is -4.16. The lowest BCUT2D eigenvalue weighted by Gasteiger charge is -2.20. The van der Waals surface area contributed by atoms with Crippen LogP contribution in [-0.4, -0.2) is 19.6 Å². The summed E-state index contributed by atoms with van der Waals surface area (Å²) >= 11 is 0. The van der Waals surface area contributed by atoms with Crippen molar-refractivity contribution in [3.63, 3.8) is 0 Å². The van der Waals surface area contributed by atoms with Gasteiger partial charge in [0.2, 0.25) is 5.69 Å². The average Bonchev–Trinajstić information content (AvgIpc) is 3.46. The molecule has 0 atom stereocenters. The smallest absolute Gasteiger partial charge is 0.219 e. The summed E-state index contributed by atoms with van der Waals surface area (Å²) < 4.78 is 4.23. The van der Waals surface area contributed by atoms with Gasteiger partial charge >= 0.3 is 0 Å². The Morgan fingerprint density at radius 1 is 1.00 bits per heavy atom. The highest BCUT2D eigenvalue weighted by atomic mass is 15.5. The van der Waals surface area contributed by atoms with E-state index in [1.165, 1.54) is 11.1 Å². The fourth-order valence-corrected chi connectivity index (χ4v) is 4.38. The molecular weight excluding hydrogens is 420 g/mol. The predicted molar refractivity (Wildman–Crippen MR) is 133 cm³/mol. The van der Waals surface area contributed by atoms with E-state index in [2.05, 4.69) is 73.5 Å². The SMILES string of the molecule is C#Cc1c[n+](-c2c(C(C)C)cc(-n3nccn3)cc2C(C)C)c(-c2cc(C#N)ccc2C)n1C. The number of aryl methyl sites for hydroxylation is 1. The number of imidazole rings is 1. The number of rotatable bonds is 5. The molecule has 0 bridgehead atoms. The molecule has 4 aromatic rings. The van der Waals surface area contributed by atoms with Crippen LogP contribution in [0.4, 0.5) is 0 Å². The molecular formula is C28H29N6+. The molecule has 0 saturated carbocycles. The molecule has 170 valence electrons. The largest absolute Gasteiger partial charge is 0.295 e. The zero-order valence-electron chi connectivity index (χ0n) is 20.5. The fourth-order valence-electron chi connectivity index (χ4n) is 4.38. The molecule has 0 spiro atoms. The van der Waals surface area contributed by atoms with Crippen LogP contribution in [0.5, 0.6) is 0 Å². The number of hydrogen-bond acceptors (Lipinski definition) is 3. The molecule has 0 N–H and O–H groups in total. The van der Waals surface area contributed by atoms with Gasteiger partial charge in [0.15, 0.2) is 6.20 Å². The molecule has 0 amide bonds. The van der Waals surface area contributed by atoms with E-state index >= 15 is 0 Å². The van der Waals surface area contributed by atoms with E-state index in [1.807, 2.05) is 36.0 Å². The highest BCUT2D eigenvalue weighted by Gasteiger charge is 2.30. The fraction of sp³-hybridized carbons (Fsp3) is 0.286. The van der Waals surface area contributed by atoms with E-state index in [1.54, 1.807) is 17.2 Å². The first-order chi connectivity index (χ1) is 16.3. The van der Waals surface area contributed by atoms with Gasteiger partial charge in [-0.2, -0.15) is 24.8 Å². The molecule has 34 heavy (non-hydrogen) atoms. The Bertz CT molecular complexity index is 1410. The maximum Gasteiger partial charge on any atom is 0.295 e. The third kappa shape index (κ3) is 3.89. The van der Waals surface area contributed by atoms with Crippen molar-refractivity contribution in [2.45, 2.75) is 46.5 Å². The Labute approximate surface area is 201 Å². The summed E-state index contributed by atoms with van der Waals surface area (Å²) in [5, 5.41) is 18.3. The third-order valence-corrected chi connectivity index (χ3v) is 6.20. The third-order valence-electron chi connectivity index (χ3n) is 6.20. The number of terminal acetylenes is 1. The van der Waals surface area contributed by atoms with E-state index in [4.69, 9.17) is 6.42 Å².